The standard InChI is InChI=1S/C15H13Cl2NO3/c1-3-21-15(20)13-8(2)18-12(14(13)19)7-9-4-5-10(16)11(17)6-9/h4-7,13H,3H2,1-2H3/b12-7+. The Kier molecular flexibility index (Phi) is 4.80. The van der Waals surface area contributed by atoms with Gasteiger partial charge in [-0.15, -0.1) is 0 Å². The van der Waals surface area contributed by atoms with Crippen molar-refractivity contribution in [2.24, 2.45) is 10.9 Å². The molecule has 0 radical (unpaired) electrons. The summed E-state index contributed by atoms with van der Waals surface area (Å²) < 4.78 is 4.89. The lowest BCUT2D eigenvalue weighted by Crippen LogP contribution is -2.28. The summed E-state index contributed by atoms with van der Waals surface area (Å²) >= 11 is 11.8. The molecule has 0 N–H and O–H groups in total. The summed E-state index contributed by atoms with van der Waals surface area (Å²) in [4.78, 5) is 28.2. The number of rotatable bonds is 3. The zero-order chi connectivity index (χ0) is 15.6. The summed E-state index contributed by atoms with van der Waals surface area (Å²) in [6, 6.07) is 4.98. The van der Waals surface area contributed by atoms with Gasteiger partial charge < -0.3 is 4.74 Å². The third-order valence-corrected chi connectivity index (χ3v) is 3.74. The third-order valence-electron chi connectivity index (χ3n) is 3.00. The first kappa shape index (κ1) is 15.7. The highest BCUT2D eigenvalue weighted by Gasteiger charge is 2.37. The molecule has 0 aromatic heterocycles. The van der Waals surface area contributed by atoms with Crippen molar-refractivity contribution in [2.45, 2.75) is 13.8 Å². The van der Waals surface area contributed by atoms with Crippen LogP contribution in [0.5, 0.6) is 0 Å². The Morgan fingerprint density at radius 3 is 2.71 bits per heavy atom. The van der Waals surface area contributed by atoms with Crippen molar-refractivity contribution in [1.82, 2.24) is 0 Å². The molecule has 1 aromatic carbocycles. The van der Waals surface area contributed by atoms with E-state index in [0.717, 1.165) is 0 Å². The lowest BCUT2D eigenvalue weighted by Gasteiger charge is -2.07. The van der Waals surface area contributed by atoms with Gasteiger partial charge in [-0.05, 0) is 37.6 Å². The minimum Gasteiger partial charge on any atom is -0.465 e. The predicted octanol–water partition coefficient (Wildman–Crippen LogP) is 3.56. The smallest absolute Gasteiger partial charge is 0.322 e. The molecule has 0 amide bonds. The van der Waals surface area contributed by atoms with Gasteiger partial charge in [0.15, 0.2) is 5.92 Å². The summed E-state index contributed by atoms with van der Waals surface area (Å²) in [6.45, 7) is 3.55. The lowest BCUT2D eigenvalue weighted by molar-refractivity contribution is -0.147. The molecule has 0 spiro atoms. The normalized spacial score (nSPS) is 19.8. The largest absolute Gasteiger partial charge is 0.465 e. The van der Waals surface area contributed by atoms with E-state index in [9.17, 15) is 9.59 Å². The number of aliphatic imine (C=N–C) groups is 1. The van der Waals surface area contributed by atoms with E-state index in [1.165, 1.54) is 0 Å². The monoisotopic (exact) mass is 325 g/mol. The van der Waals surface area contributed by atoms with Gasteiger partial charge in [-0.1, -0.05) is 29.3 Å². The van der Waals surface area contributed by atoms with Crippen molar-refractivity contribution in [2.75, 3.05) is 6.61 Å². The van der Waals surface area contributed by atoms with E-state index in [1.54, 1.807) is 38.1 Å². The van der Waals surface area contributed by atoms with Gasteiger partial charge >= 0.3 is 5.97 Å². The maximum Gasteiger partial charge on any atom is 0.322 e. The van der Waals surface area contributed by atoms with Crippen LogP contribution >= 0.6 is 23.2 Å². The number of nitrogens with zero attached hydrogens (tertiary/aromatic N) is 1. The Labute approximate surface area is 132 Å². The number of esters is 1. The van der Waals surface area contributed by atoms with Gasteiger partial charge in [0.2, 0.25) is 5.78 Å². The number of Topliss-reactive ketones (excluding diaryl/α,β-unsaturated/α-hetero) is 1. The van der Waals surface area contributed by atoms with Crippen molar-refractivity contribution < 1.29 is 14.3 Å². The van der Waals surface area contributed by atoms with Gasteiger partial charge in [-0.25, -0.2) is 0 Å². The van der Waals surface area contributed by atoms with Crippen LogP contribution in [-0.4, -0.2) is 24.1 Å². The van der Waals surface area contributed by atoms with E-state index >= 15 is 0 Å². The fourth-order valence-electron chi connectivity index (χ4n) is 2.01. The number of halogens is 2. The van der Waals surface area contributed by atoms with Crippen LogP contribution in [-0.2, 0) is 14.3 Å². The predicted molar refractivity (Wildman–Crippen MR) is 82.7 cm³/mol. The molecule has 1 atom stereocenters. The van der Waals surface area contributed by atoms with Crippen molar-refractivity contribution in [1.29, 1.82) is 0 Å². The van der Waals surface area contributed by atoms with Gasteiger partial charge in [0.05, 0.1) is 16.7 Å². The molecule has 1 aromatic rings. The number of hydrogen-bond donors (Lipinski definition) is 0. The van der Waals surface area contributed by atoms with E-state index in [2.05, 4.69) is 4.99 Å². The van der Waals surface area contributed by atoms with E-state index in [-0.39, 0.29) is 18.1 Å². The second kappa shape index (κ2) is 6.41. The zero-order valence-electron chi connectivity index (χ0n) is 11.5. The van der Waals surface area contributed by atoms with Crippen LogP contribution in [0.25, 0.3) is 6.08 Å². The molecule has 110 valence electrons. The highest BCUT2D eigenvalue weighted by atomic mass is 35.5. The molecule has 1 aliphatic heterocycles. The molecule has 6 heteroatoms. The number of allylic oxidation sites excluding steroid dienone is 1. The molecule has 0 saturated heterocycles. The zero-order valence-corrected chi connectivity index (χ0v) is 13.0. The first-order valence-electron chi connectivity index (χ1n) is 6.36. The van der Waals surface area contributed by atoms with Crippen molar-refractivity contribution in [3.8, 4) is 0 Å². The quantitative estimate of drug-likeness (QED) is 0.485. The van der Waals surface area contributed by atoms with E-state index in [0.29, 0.717) is 21.3 Å². The molecule has 1 aliphatic rings. The van der Waals surface area contributed by atoms with Crippen molar-refractivity contribution in [3.63, 3.8) is 0 Å². The third kappa shape index (κ3) is 3.34. The maximum atomic E-state index is 12.2. The number of carbonyl (C=O) groups is 2. The average molecular weight is 326 g/mol. The first-order chi connectivity index (χ1) is 9.93. The molecule has 0 bridgehead atoms. The first-order valence-corrected chi connectivity index (χ1v) is 7.12. The molecule has 1 unspecified atom stereocenters. The molecular formula is C15H13Cl2NO3. The van der Waals surface area contributed by atoms with Crippen LogP contribution < -0.4 is 0 Å². The van der Waals surface area contributed by atoms with Gasteiger partial charge in [0.1, 0.15) is 5.70 Å². The average Bonchev–Trinajstić information content (AvgIpc) is 2.69. The molecule has 0 fully saturated rings. The molecule has 0 saturated carbocycles. The van der Waals surface area contributed by atoms with Gasteiger partial charge in [0.25, 0.3) is 0 Å². The second-order valence-corrected chi connectivity index (χ2v) is 5.32. The highest BCUT2D eigenvalue weighted by Crippen LogP contribution is 2.27. The van der Waals surface area contributed by atoms with Crippen LogP contribution in [0.2, 0.25) is 10.0 Å². The van der Waals surface area contributed by atoms with Crippen LogP contribution in [0.3, 0.4) is 0 Å². The number of hydrogen-bond acceptors (Lipinski definition) is 4. The SMILES string of the molecule is CCOC(=O)C1C(=O)/C(=C\c2ccc(Cl)c(Cl)c2)N=C1C. The lowest BCUT2D eigenvalue weighted by atomic mass is 10.0. The van der Waals surface area contributed by atoms with Crippen LogP contribution in [0.4, 0.5) is 0 Å². The topological polar surface area (TPSA) is 55.7 Å². The summed E-state index contributed by atoms with van der Waals surface area (Å²) in [5.74, 6) is -1.88. The Bertz CT molecular complexity index is 665. The van der Waals surface area contributed by atoms with E-state index < -0.39 is 11.9 Å². The molecule has 4 nitrogen and oxygen atoms in total. The van der Waals surface area contributed by atoms with E-state index in [4.69, 9.17) is 27.9 Å². The summed E-state index contributed by atoms with van der Waals surface area (Å²) in [5, 5.41) is 0.819. The number of benzene rings is 1. The molecule has 0 aliphatic carbocycles. The van der Waals surface area contributed by atoms with Gasteiger partial charge in [0, 0.05) is 5.71 Å². The number of ether oxygens (including phenoxy) is 1. The van der Waals surface area contributed by atoms with Crippen molar-refractivity contribution >= 4 is 46.7 Å². The summed E-state index contributed by atoms with van der Waals surface area (Å²) in [6.07, 6.45) is 1.58. The van der Waals surface area contributed by atoms with Gasteiger partial charge in [-0.3, -0.25) is 14.6 Å². The summed E-state index contributed by atoms with van der Waals surface area (Å²) in [5.41, 5.74) is 1.34. The molecule has 21 heavy (non-hydrogen) atoms. The molecule has 1 heterocycles. The van der Waals surface area contributed by atoms with Crippen LogP contribution in [0.15, 0.2) is 28.9 Å². The highest BCUT2D eigenvalue weighted by molar-refractivity contribution is 6.42. The Balaban J connectivity index is 2.30. The maximum absolute atomic E-state index is 12.2. The van der Waals surface area contributed by atoms with Crippen LogP contribution in [0.1, 0.15) is 19.4 Å². The Hall–Kier alpha value is -1.65. The van der Waals surface area contributed by atoms with E-state index in [1.807, 2.05) is 0 Å². The van der Waals surface area contributed by atoms with Crippen LogP contribution in [0, 0.1) is 5.92 Å². The van der Waals surface area contributed by atoms with Crippen molar-refractivity contribution in [3.05, 3.63) is 39.5 Å². The second-order valence-electron chi connectivity index (χ2n) is 4.51. The minimum absolute atomic E-state index is 0.212. The number of carbonyl (C=O) groups excluding carboxylic acids is 2. The Morgan fingerprint density at radius 2 is 2.10 bits per heavy atom. The molecular weight excluding hydrogens is 313 g/mol. The molecule has 2 rings (SSSR count). The summed E-state index contributed by atoms with van der Waals surface area (Å²) in [7, 11) is 0. The minimum atomic E-state index is -0.945. The Morgan fingerprint density at radius 1 is 1.38 bits per heavy atom. The fraction of sp³-hybridized carbons (Fsp3) is 0.267. The number of ketones is 1. The fourth-order valence-corrected chi connectivity index (χ4v) is 2.32. The van der Waals surface area contributed by atoms with Gasteiger partial charge in [-0.2, -0.15) is 0 Å².